The fourth-order valence-electron chi connectivity index (χ4n) is 2.25. The minimum absolute atomic E-state index is 0.0974. The third-order valence-corrected chi connectivity index (χ3v) is 3.73. The molecule has 4 heteroatoms. The van der Waals surface area contributed by atoms with Gasteiger partial charge in [0.25, 0.3) is 0 Å². The molecule has 1 aromatic heterocycles. The smallest absolute Gasteiger partial charge is 0.137 e. The summed E-state index contributed by atoms with van der Waals surface area (Å²) in [6.07, 6.45) is 5.56. The van der Waals surface area contributed by atoms with Crippen LogP contribution in [0, 0.1) is 0 Å². The molecule has 20 heavy (non-hydrogen) atoms. The van der Waals surface area contributed by atoms with Crippen molar-refractivity contribution in [2.24, 2.45) is 0 Å². The summed E-state index contributed by atoms with van der Waals surface area (Å²) in [6, 6.07) is 2.16. The second-order valence-corrected chi connectivity index (χ2v) is 5.16. The molecule has 0 aliphatic rings. The lowest BCUT2D eigenvalue weighted by molar-refractivity contribution is -0.0297. The van der Waals surface area contributed by atoms with Gasteiger partial charge < -0.3 is 14.8 Å². The number of nitrogens with one attached hydrogen (secondary N) is 1. The zero-order valence-corrected chi connectivity index (χ0v) is 13.4. The van der Waals surface area contributed by atoms with E-state index in [9.17, 15) is 0 Å². The van der Waals surface area contributed by atoms with Gasteiger partial charge in [-0.05, 0) is 37.9 Å². The van der Waals surface area contributed by atoms with Gasteiger partial charge in [-0.25, -0.2) is 0 Å². The Balaban J connectivity index is 3.02. The number of methoxy groups -OCH3 is 1. The van der Waals surface area contributed by atoms with Crippen LogP contribution in [0.15, 0.2) is 18.5 Å². The lowest BCUT2D eigenvalue weighted by Gasteiger charge is -2.36. The van der Waals surface area contributed by atoms with E-state index in [4.69, 9.17) is 9.47 Å². The van der Waals surface area contributed by atoms with Gasteiger partial charge in [0.05, 0.1) is 24.4 Å². The number of ether oxygens (including phenoxy) is 2. The van der Waals surface area contributed by atoms with Gasteiger partial charge in [-0.3, -0.25) is 4.98 Å². The topological polar surface area (TPSA) is 43.4 Å². The Morgan fingerprint density at radius 1 is 1.30 bits per heavy atom. The normalized spacial score (nSPS) is 15.7. The van der Waals surface area contributed by atoms with Crippen LogP contribution in [0.5, 0.6) is 5.75 Å². The molecule has 0 aliphatic carbocycles. The van der Waals surface area contributed by atoms with E-state index in [0.29, 0.717) is 6.61 Å². The summed E-state index contributed by atoms with van der Waals surface area (Å²) in [5.74, 6) is 0.821. The van der Waals surface area contributed by atoms with Crippen LogP contribution in [-0.4, -0.2) is 30.8 Å². The molecule has 0 saturated heterocycles. The van der Waals surface area contributed by atoms with Crippen molar-refractivity contribution in [1.82, 2.24) is 10.3 Å². The van der Waals surface area contributed by atoms with Crippen molar-refractivity contribution in [3.63, 3.8) is 0 Å². The summed E-state index contributed by atoms with van der Waals surface area (Å²) < 4.78 is 11.4. The molecule has 1 heterocycles. The molecule has 0 fully saturated rings. The molecule has 0 aliphatic heterocycles. The Kier molecular flexibility index (Phi) is 6.96. The largest absolute Gasteiger partial charge is 0.492 e. The van der Waals surface area contributed by atoms with Crippen LogP contribution >= 0.6 is 0 Å². The molecule has 4 nitrogen and oxygen atoms in total. The van der Waals surface area contributed by atoms with Gasteiger partial charge in [0.15, 0.2) is 0 Å². The van der Waals surface area contributed by atoms with Crippen molar-refractivity contribution in [3.05, 3.63) is 24.0 Å². The summed E-state index contributed by atoms with van der Waals surface area (Å²) >= 11 is 0. The van der Waals surface area contributed by atoms with Crippen LogP contribution in [0.4, 0.5) is 0 Å². The number of likely N-dealkylation sites (N-methyl/N-ethyl adjacent to an activating group) is 1. The third-order valence-electron chi connectivity index (χ3n) is 3.73. The fraction of sp³-hybridized carbons (Fsp3) is 0.688. The minimum Gasteiger partial charge on any atom is -0.492 e. The van der Waals surface area contributed by atoms with Gasteiger partial charge in [0.1, 0.15) is 5.75 Å². The van der Waals surface area contributed by atoms with Gasteiger partial charge in [-0.1, -0.05) is 20.8 Å². The Hall–Kier alpha value is -1.13. The third kappa shape index (κ3) is 4.18. The van der Waals surface area contributed by atoms with E-state index < -0.39 is 0 Å². The number of aromatic nitrogens is 1. The number of hydrogen-bond donors (Lipinski definition) is 1. The molecule has 2 unspecified atom stereocenters. The molecule has 0 aromatic carbocycles. The van der Waals surface area contributed by atoms with E-state index in [-0.39, 0.29) is 11.6 Å². The molecule has 0 spiro atoms. The first-order valence-electron chi connectivity index (χ1n) is 7.47. The van der Waals surface area contributed by atoms with Crippen molar-refractivity contribution in [2.45, 2.75) is 52.2 Å². The van der Waals surface area contributed by atoms with Gasteiger partial charge in [0, 0.05) is 13.3 Å². The maximum atomic E-state index is 5.75. The summed E-state index contributed by atoms with van der Waals surface area (Å²) in [7, 11) is 1.76. The van der Waals surface area contributed by atoms with Gasteiger partial charge in [-0.15, -0.1) is 0 Å². The highest BCUT2D eigenvalue weighted by Gasteiger charge is 2.33. The Morgan fingerprint density at radius 2 is 2.05 bits per heavy atom. The Labute approximate surface area is 122 Å². The van der Waals surface area contributed by atoms with Crippen molar-refractivity contribution >= 4 is 0 Å². The molecule has 0 saturated carbocycles. The second-order valence-electron chi connectivity index (χ2n) is 5.16. The molecular formula is C16H28N2O2. The van der Waals surface area contributed by atoms with Crippen molar-refractivity contribution in [1.29, 1.82) is 0 Å². The first-order valence-corrected chi connectivity index (χ1v) is 7.47. The average Bonchev–Trinajstić information content (AvgIpc) is 2.50. The number of nitrogens with zero attached hydrogens (tertiary/aromatic N) is 1. The highest BCUT2D eigenvalue weighted by Crippen LogP contribution is 2.32. The van der Waals surface area contributed by atoms with Crippen molar-refractivity contribution in [2.75, 3.05) is 20.3 Å². The summed E-state index contributed by atoms with van der Waals surface area (Å²) in [4.78, 5) is 4.30. The van der Waals surface area contributed by atoms with E-state index in [2.05, 4.69) is 44.1 Å². The zero-order valence-electron chi connectivity index (χ0n) is 13.4. The van der Waals surface area contributed by atoms with Gasteiger partial charge in [0.2, 0.25) is 0 Å². The Bertz CT molecular complexity index is 392. The molecule has 0 radical (unpaired) electrons. The van der Waals surface area contributed by atoms with E-state index >= 15 is 0 Å². The minimum atomic E-state index is -0.263. The fourth-order valence-corrected chi connectivity index (χ4v) is 2.25. The molecule has 114 valence electrons. The molecule has 1 aromatic rings. The van der Waals surface area contributed by atoms with E-state index in [1.165, 1.54) is 0 Å². The standard InChI is InChI=1S/C16H28N2O2/c1-6-9-20-14-10-13(11-17-12-14)15(18-8-3)16(4,7-2)19-5/h10-12,15,18H,6-9H2,1-5H3. The molecule has 0 bridgehead atoms. The Morgan fingerprint density at radius 3 is 2.60 bits per heavy atom. The van der Waals surface area contributed by atoms with Crippen LogP contribution in [-0.2, 0) is 4.74 Å². The SMILES string of the molecule is CCCOc1cncc(C(NCC)C(C)(CC)OC)c1. The van der Waals surface area contributed by atoms with Crippen molar-refractivity contribution < 1.29 is 9.47 Å². The predicted octanol–water partition coefficient (Wildman–Crippen LogP) is 3.34. The maximum absolute atomic E-state index is 5.75. The number of rotatable bonds is 9. The average molecular weight is 280 g/mol. The predicted molar refractivity (Wildman–Crippen MR) is 82.1 cm³/mol. The number of hydrogen-bond acceptors (Lipinski definition) is 4. The lowest BCUT2D eigenvalue weighted by atomic mass is 9.88. The molecule has 0 amide bonds. The molecule has 1 N–H and O–H groups in total. The van der Waals surface area contributed by atoms with Crippen LogP contribution in [0.1, 0.15) is 52.1 Å². The van der Waals surface area contributed by atoms with E-state index in [1.807, 2.05) is 6.20 Å². The zero-order chi connectivity index (χ0) is 15.0. The van der Waals surface area contributed by atoms with E-state index in [0.717, 1.165) is 30.7 Å². The monoisotopic (exact) mass is 280 g/mol. The second kappa shape index (κ2) is 8.22. The number of pyridine rings is 1. The summed E-state index contributed by atoms with van der Waals surface area (Å²) in [6.45, 7) is 10.1. The lowest BCUT2D eigenvalue weighted by Crippen LogP contribution is -2.42. The van der Waals surface area contributed by atoms with Crippen LogP contribution in [0.3, 0.4) is 0 Å². The first kappa shape index (κ1) is 16.9. The van der Waals surface area contributed by atoms with Gasteiger partial charge >= 0.3 is 0 Å². The van der Waals surface area contributed by atoms with E-state index in [1.54, 1.807) is 13.3 Å². The summed E-state index contributed by atoms with van der Waals surface area (Å²) in [5.41, 5.74) is 0.841. The first-order chi connectivity index (χ1) is 9.61. The van der Waals surface area contributed by atoms with Gasteiger partial charge in [-0.2, -0.15) is 0 Å². The molecule has 1 rings (SSSR count). The molecule has 2 atom stereocenters. The highest BCUT2D eigenvalue weighted by atomic mass is 16.5. The summed E-state index contributed by atoms with van der Waals surface area (Å²) in [5, 5.41) is 3.50. The van der Waals surface area contributed by atoms with Crippen molar-refractivity contribution in [3.8, 4) is 5.75 Å². The quantitative estimate of drug-likeness (QED) is 0.753. The molecular weight excluding hydrogens is 252 g/mol. The van der Waals surface area contributed by atoms with Crippen LogP contribution < -0.4 is 10.1 Å². The van der Waals surface area contributed by atoms with Crippen LogP contribution in [0.25, 0.3) is 0 Å². The maximum Gasteiger partial charge on any atom is 0.137 e. The highest BCUT2D eigenvalue weighted by molar-refractivity contribution is 5.28. The van der Waals surface area contributed by atoms with Crippen LogP contribution in [0.2, 0.25) is 0 Å².